The molecule has 0 saturated carbocycles. The Morgan fingerprint density at radius 3 is 2.47 bits per heavy atom. The molecule has 0 aromatic rings. The molecule has 0 aromatic heterocycles. The van der Waals surface area contributed by atoms with E-state index in [1.165, 1.54) is 0 Å². The third-order valence-electron chi connectivity index (χ3n) is 2.77. The molecular formula is C13H25N3O3. The molecule has 6 heteroatoms. The van der Waals surface area contributed by atoms with Crippen molar-refractivity contribution in [2.75, 3.05) is 13.6 Å². The number of carbonyl (C=O) groups excluding carboxylic acids is 3. The van der Waals surface area contributed by atoms with Crippen LogP contribution in [0.3, 0.4) is 0 Å². The highest BCUT2D eigenvalue weighted by molar-refractivity contribution is 5.78. The Bertz CT molecular complexity index is 272. The first kappa shape index (κ1) is 17.6. The Hall–Kier alpha value is -1.43. The van der Waals surface area contributed by atoms with Gasteiger partial charge in [-0.3, -0.25) is 0 Å². The van der Waals surface area contributed by atoms with E-state index < -0.39 is 6.04 Å². The van der Waals surface area contributed by atoms with Gasteiger partial charge in [0.15, 0.2) is 0 Å². The highest BCUT2D eigenvalue weighted by Crippen LogP contribution is 2.00. The minimum absolute atomic E-state index is 0.0650. The van der Waals surface area contributed by atoms with Gasteiger partial charge in [-0.15, -0.1) is 0 Å². The molecule has 0 rings (SSSR count). The molecule has 0 saturated heterocycles. The van der Waals surface area contributed by atoms with Gasteiger partial charge in [0, 0.05) is 12.5 Å². The number of aldehydes is 2. The van der Waals surface area contributed by atoms with Crippen LogP contribution >= 0.6 is 0 Å². The van der Waals surface area contributed by atoms with Crippen molar-refractivity contribution < 1.29 is 14.4 Å². The summed E-state index contributed by atoms with van der Waals surface area (Å²) in [6.07, 6.45) is 5.00. The number of rotatable bonds is 11. The van der Waals surface area contributed by atoms with Crippen molar-refractivity contribution in [1.29, 1.82) is 0 Å². The topological polar surface area (TPSA) is 87.3 Å². The molecule has 0 aliphatic carbocycles. The molecule has 3 N–H and O–H groups in total. The summed E-state index contributed by atoms with van der Waals surface area (Å²) in [5, 5.41) is 8.39. The smallest absolute Gasteiger partial charge is 0.315 e. The van der Waals surface area contributed by atoms with Gasteiger partial charge in [0.25, 0.3) is 0 Å². The molecule has 0 radical (unpaired) electrons. The lowest BCUT2D eigenvalue weighted by molar-refractivity contribution is -0.110. The third-order valence-corrected chi connectivity index (χ3v) is 2.77. The summed E-state index contributed by atoms with van der Waals surface area (Å²) in [6.45, 7) is 2.90. The van der Waals surface area contributed by atoms with E-state index in [1.54, 1.807) is 0 Å². The van der Waals surface area contributed by atoms with E-state index in [0.29, 0.717) is 12.7 Å². The van der Waals surface area contributed by atoms with Crippen LogP contribution in [0.1, 0.15) is 39.0 Å². The number of unbranched alkanes of at least 4 members (excludes halogenated alkanes) is 1. The van der Waals surface area contributed by atoms with Crippen LogP contribution in [0.5, 0.6) is 0 Å². The zero-order valence-corrected chi connectivity index (χ0v) is 11.8. The lowest BCUT2D eigenvalue weighted by Gasteiger charge is -2.17. The third kappa shape index (κ3) is 10.2. The predicted octanol–water partition coefficient (Wildman–Crippen LogP) is 0.610. The summed E-state index contributed by atoms with van der Waals surface area (Å²) < 4.78 is 0. The number of nitrogens with one attached hydrogen (secondary N) is 3. The second-order valence-electron chi connectivity index (χ2n) is 4.60. The molecule has 0 spiro atoms. The van der Waals surface area contributed by atoms with Crippen LogP contribution in [0.15, 0.2) is 0 Å². The van der Waals surface area contributed by atoms with Crippen molar-refractivity contribution in [3.05, 3.63) is 0 Å². The van der Waals surface area contributed by atoms with E-state index in [9.17, 15) is 14.4 Å². The number of hydrogen-bond acceptors (Lipinski definition) is 4. The van der Waals surface area contributed by atoms with Crippen LogP contribution in [-0.4, -0.2) is 44.3 Å². The van der Waals surface area contributed by atoms with Crippen LogP contribution in [0.25, 0.3) is 0 Å². The van der Waals surface area contributed by atoms with Gasteiger partial charge in [0.05, 0.1) is 6.04 Å². The molecule has 2 atom stereocenters. The SMILES string of the molecule is CNCCCCC(C)NC(=O)NC(C=O)CCC=O. The molecular weight excluding hydrogens is 246 g/mol. The van der Waals surface area contributed by atoms with Crippen LogP contribution in [0, 0.1) is 0 Å². The van der Waals surface area contributed by atoms with E-state index in [2.05, 4.69) is 16.0 Å². The number of carbonyl (C=O) groups is 3. The predicted molar refractivity (Wildman–Crippen MR) is 74.1 cm³/mol. The molecule has 0 aliphatic rings. The highest BCUT2D eigenvalue weighted by Gasteiger charge is 2.12. The Kier molecular flexibility index (Phi) is 10.8. The van der Waals surface area contributed by atoms with E-state index >= 15 is 0 Å². The van der Waals surface area contributed by atoms with Crippen molar-refractivity contribution in [3.8, 4) is 0 Å². The van der Waals surface area contributed by atoms with Gasteiger partial charge < -0.3 is 25.5 Å². The minimum atomic E-state index is -0.596. The van der Waals surface area contributed by atoms with Crippen LogP contribution in [0.4, 0.5) is 4.79 Å². The molecule has 0 aliphatic heterocycles. The second kappa shape index (κ2) is 11.6. The van der Waals surface area contributed by atoms with Crippen LogP contribution in [0.2, 0.25) is 0 Å². The standard InChI is InChI=1S/C13H25N3O3/c1-11(6-3-4-8-14-2)15-13(19)16-12(10-18)7-5-9-17/h9-12,14H,3-8H2,1-2H3,(H2,15,16,19). The Morgan fingerprint density at radius 2 is 1.89 bits per heavy atom. The minimum Gasteiger partial charge on any atom is -0.336 e. The van der Waals surface area contributed by atoms with Crippen molar-refractivity contribution in [2.45, 2.75) is 51.1 Å². The van der Waals surface area contributed by atoms with Gasteiger partial charge >= 0.3 is 6.03 Å². The summed E-state index contributed by atoms with van der Waals surface area (Å²) in [4.78, 5) is 32.5. The molecule has 2 unspecified atom stereocenters. The normalized spacial score (nSPS) is 13.4. The quantitative estimate of drug-likeness (QED) is 0.379. The van der Waals surface area contributed by atoms with E-state index in [4.69, 9.17) is 0 Å². The molecule has 6 nitrogen and oxygen atoms in total. The summed E-state index contributed by atoms with van der Waals surface area (Å²) in [7, 11) is 1.91. The van der Waals surface area contributed by atoms with E-state index in [0.717, 1.165) is 32.1 Å². The van der Waals surface area contributed by atoms with Gasteiger partial charge in [-0.1, -0.05) is 6.42 Å². The summed E-state index contributed by atoms with van der Waals surface area (Å²) in [5.74, 6) is 0. The fourth-order valence-corrected chi connectivity index (χ4v) is 1.68. The summed E-state index contributed by atoms with van der Waals surface area (Å²) >= 11 is 0. The molecule has 0 bridgehead atoms. The zero-order valence-electron chi connectivity index (χ0n) is 11.8. The maximum absolute atomic E-state index is 11.6. The van der Waals surface area contributed by atoms with Crippen LogP contribution < -0.4 is 16.0 Å². The first-order valence-electron chi connectivity index (χ1n) is 6.74. The van der Waals surface area contributed by atoms with Crippen LogP contribution in [-0.2, 0) is 9.59 Å². The lowest BCUT2D eigenvalue weighted by atomic mass is 10.1. The van der Waals surface area contributed by atoms with E-state index in [1.807, 2.05) is 14.0 Å². The zero-order chi connectivity index (χ0) is 14.5. The fourth-order valence-electron chi connectivity index (χ4n) is 1.68. The van der Waals surface area contributed by atoms with Crippen molar-refractivity contribution in [2.24, 2.45) is 0 Å². The average molecular weight is 271 g/mol. The number of amides is 2. The maximum atomic E-state index is 11.6. The second-order valence-corrected chi connectivity index (χ2v) is 4.60. The van der Waals surface area contributed by atoms with Crippen molar-refractivity contribution in [1.82, 2.24) is 16.0 Å². The Labute approximate surface area is 114 Å². The largest absolute Gasteiger partial charge is 0.336 e. The van der Waals surface area contributed by atoms with Gasteiger partial charge in [-0.05, 0) is 39.8 Å². The van der Waals surface area contributed by atoms with Gasteiger partial charge in [0.2, 0.25) is 0 Å². The highest BCUT2D eigenvalue weighted by atomic mass is 16.2. The van der Waals surface area contributed by atoms with E-state index in [-0.39, 0.29) is 18.5 Å². The fraction of sp³-hybridized carbons (Fsp3) is 0.769. The number of hydrogen-bond donors (Lipinski definition) is 3. The average Bonchev–Trinajstić information content (AvgIpc) is 2.39. The molecule has 0 fully saturated rings. The van der Waals surface area contributed by atoms with Gasteiger partial charge in [-0.2, -0.15) is 0 Å². The van der Waals surface area contributed by atoms with Crippen molar-refractivity contribution in [3.63, 3.8) is 0 Å². The van der Waals surface area contributed by atoms with Gasteiger partial charge in [-0.25, -0.2) is 4.79 Å². The molecule has 110 valence electrons. The van der Waals surface area contributed by atoms with Crippen molar-refractivity contribution >= 4 is 18.6 Å². The first-order chi connectivity index (χ1) is 9.13. The Morgan fingerprint density at radius 1 is 1.16 bits per heavy atom. The summed E-state index contributed by atoms with van der Waals surface area (Å²) in [5.41, 5.74) is 0. The molecule has 0 heterocycles. The monoisotopic (exact) mass is 271 g/mol. The lowest BCUT2D eigenvalue weighted by Crippen LogP contribution is -2.46. The summed E-state index contributed by atoms with van der Waals surface area (Å²) in [6, 6.07) is -0.888. The Balaban J connectivity index is 3.81. The molecule has 19 heavy (non-hydrogen) atoms. The molecule has 0 aromatic carbocycles. The molecule has 2 amide bonds. The number of urea groups is 1. The maximum Gasteiger partial charge on any atom is 0.315 e. The first-order valence-corrected chi connectivity index (χ1v) is 6.74. The van der Waals surface area contributed by atoms with Gasteiger partial charge in [0.1, 0.15) is 12.6 Å².